The third-order valence-corrected chi connectivity index (χ3v) is 12.1. The summed E-state index contributed by atoms with van der Waals surface area (Å²) >= 11 is 0. The number of hydrogen-bond acceptors (Lipinski definition) is 7. The van der Waals surface area contributed by atoms with E-state index in [0.717, 1.165) is 57.8 Å². The Kier molecular flexibility index (Phi) is 11.7. The first-order valence-electron chi connectivity index (χ1n) is 18.2. The van der Waals surface area contributed by atoms with Gasteiger partial charge in [0.1, 0.15) is 0 Å². The molecule has 8 heteroatoms. The van der Waals surface area contributed by atoms with Crippen molar-refractivity contribution in [1.82, 2.24) is 16.0 Å². The Morgan fingerprint density at radius 3 is 2.42 bits per heavy atom. The summed E-state index contributed by atoms with van der Waals surface area (Å²) in [5.74, 6) is -0.342. The lowest BCUT2D eigenvalue weighted by Crippen LogP contribution is -2.63. The molecular formula is C37H62N4O4. The van der Waals surface area contributed by atoms with E-state index >= 15 is 0 Å². The molecule has 0 aromatic heterocycles. The summed E-state index contributed by atoms with van der Waals surface area (Å²) in [6.07, 6.45) is 16.9. The van der Waals surface area contributed by atoms with E-state index in [-0.39, 0.29) is 48.3 Å². The first-order chi connectivity index (χ1) is 21.4. The number of aliphatic carboxylic acids is 1. The molecule has 1 aliphatic carbocycles. The molecule has 3 fully saturated rings. The number of carbonyl (C=O) groups is 1. The molecule has 8 nitrogen and oxygen atoms in total. The number of carboxylic acids is 1. The zero-order valence-corrected chi connectivity index (χ0v) is 28.0. The van der Waals surface area contributed by atoms with Crippen molar-refractivity contribution in [3.63, 3.8) is 0 Å². The average Bonchev–Trinajstić information content (AvgIpc) is 3.44. The summed E-state index contributed by atoms with van der Waals surface area (Å²) in [4.78, 5) is 12.0. The van der Waals surface area contributed by atoms with Gasteiger partial charge in [-0.25, -0.2) is 0 Å². The van der Waals surface area contributed by atoms with Gasteiger partial charge >= 0.3 is 5.97 Å². The minimum Gasteiger partial charge on any atom is -0.481 e. The van der Waals surface area contributed by atoms with Gasteiger partial charge in [-0.05, 0) is 120 Å². The number of hydrogen-bond donors (Lipinski definition) is 7. The zero-order chi connectivity index (χ0) is 32.1. The van der Waals surface area contributed by atoms with Crippen LogP contribution in [0.25, 0.3) is 0 Å². The van der Waals surface area contributed by atoms with Crippen LogP contribution in [0.5, 0.6) is 0 Å². The number of aliphatic hydroxyl groups excluding tert-OH is 1. The van der Waals surface area contributed by atoms with Gasteiger partial charge in [-0.15, -0.1) is 0 Å². The van der Waals surface area contributed by atoms with Crippen LogP contribution in [0.4, 0.5) is 0 Å². The molecule has 254 valence electrons. The third kappa shape index (κ3) is 9.97. The first kappa shape index (κ1) is 34.8. The monoisotopic (exact) mass is 626 g/mol. The Labute approximate surface area is 271 Å². The van der Waals surface area contributed by atoms with Crippen LogP contribution < -0.4 is 21.7 Å². The molecule has 0 amide bonds. The predicted octanol–water partition coefficient (Wildman–Crippen LogP) is 4.78. The SMILES string of the molecule is C[C@H]1N[C@H](CC[C@@H]2CCCC3(CCCC3)CC[C@@](O)(CC(=O)O)CN[C@@]3(C)C[C@@H](Cc4cccc(c4)C2)N[C@@H](N)C3)CC[C@H]1O. The molecule has 4 bridgehead atoms. The molecule has 5 rings (SSSR count). The molecule has 1 aromatic rings. The maximum Gasteiger partial charge on any atom is 0.306 e. The van der Waals surface area contributed by atoms with E-state index in [4.69, 9.17) is 5.73 Å². The van der Waals surface area contributed by atoms with E-state index in [9.17, 15) is 20.1 Å². The lowest BCUT2D eigenvalue weighted by atomic mass is 9.73. The summed E-state index contributed by atoms with van der Waals surface area (Å²) in [5.41, 5.74) is 7.92. The maximum absolute atomic E-state index is 12.0. The van der Waals surface area contributed by atoms with Crippen LogP contribution in [0.15, 0.2) is 24.3 Å². The molecule has 8 N–H and O–H groups in total. The summed E-state index contributed by atoms with van der Waals surface area (Å²) in [7, 11) is 0. The molecule has 45 heavy (non-hydrogen) atoms. The fraction of sp³-hybridized carbons (Fsp3) is 0.811. The minimum absolute atomic E-state index is 0.159. The highest BCUT2D eigenvalue weighted by Crippen LogP contribution is 2.47. The lowest BCUT2D eigenvalue weighted by molar-refractivity contribution is -0.143. The number of β-amino-alcohol motifs (C(OH)–C–C–N with tert-alkyl or cyclic N) is 1. The molecule has 3 heterocycles. The quantitative estimate of drug-likeness (QED) is 0.248. The third-order valence-electron chi connectivity index (χ3n) is 12.1. The van der Waals surface area contributed by atoms with Gasteiger partial charge in [-0.3, -0.25) is 10.1 Å². The van der Waals surface area contributed by atoms with Crippen LogP contribution in [-0.4, -0.2) is 69.4 Å². The zero-order valence-electron chi connectivity index (χ0n) is 28.0. The first-order valence-corrected chi connectivity index (χ1v) is 18.2. The highest BCUT2D eigenvalue weighted by molar-refractivity contribution is 5.68. The van der Waals surface area contributed by atoms with Crippen molar-refractivity contribution >= 4 is 5.97 Å². The van der Waals surface area contributed by atoms with E-state index in [1.807, 2.05) is 0 Å². The molecular weight excluding hydrogens is 564 g/mol. The fourth-order valence-electron chi connectivity index (χ4n) is 9.42. The second kappa shape index (κ2) is 15.1. The van der Waals surface area contributed by atoms with Crippen LogP contribution in [0.2, 0.25) is 0 Å². The van der Waals surface area contributed by atoms with Crippen LogP contribution in [0, 0.1) is 11.3 Å². The van der Waals surface area contributed by atoms with Crippen molar-refractivity contribution in [2.24, 2.45) is 17.1 Å². The van der Waals surface area contributed by atoms with Crippen molar-refractivity contribution in [3.8, 4) is 0 Å². The summed E-state index contributed by atoms with van der Waals surface area (Å²) in [6.45, 7) is 4.56. The van der Waals surface area contributed by atoms with E-state index in [1.54, 1.807) is 0 Å². The van der Waals surface area contributed by atoms with Crippen LogP contribution >= 0.6 is 0 Å². The van der Waals surface area contributed by atoms with Crippen molar-refractivity contribution < 1.29 is 20.1 Å². The standard InChI is InChI=1S/C37H62N4O4/c1-26-32(42)13-12-30(40-26)11-10-27-9-6-16-36(14-3-4-15-36)17-18-37(45,24-34(43)44)25-39-35(2)22-31(41-33(38)23-35)21-29-8-5-7-28(19-27)20-29/h5,7-8,20,26-27,30-33,39-42,45H,3-4,6,9-19,21-25,38H2,1-2H3,(H,43,44)/t26-,27+,30-,31-,32-,33-,35+,37-/m1/s1. The summed E-state index contributed by atoms with van der Waals surface area (Å²) in [6, 6.07) is 9.99. The van der Waals surface area contributed by atoms with Gasteiger partial charge in [0.2, 0.25) is 0 Å². The molecule has 4 aliphatic rings. The van der Waals surface area contributed by atoms with Crippen molar-refractivity contribution in [2.75, 3.05) is 6.54 Å². The van der Waals surface area contributed by atoms with Gasteiger partial charge in [0.05, 0.1) is 24.3 Å². The number of piperidine rings is 2. The Hall–Kier alpha value is -1.55. The van der Waals surface area contributed by atoms with Gasteiger partial charge in [-0.1, -0.05) is 49.9 Å². The Morgan fingerprint density at radius 1 is 0.956 bits per heavy atom. The Morgan fingerprint density at radius 2 is 1.69 bits per heavy atom. The van der Waals surface area contributed by atoms with Gasteiger partial charge in [-0.2, -0.15) is 0 Å². The van der Waals surface area contributed by atoms with Crippen LogP contribution in [-0.2, 0) is 17.6 Å². The molecule has 1 aromatic carbocycles. The van der Waals surface area contributed by atoms with Gasteiger partial charge in [0, 0.05) is 30.2 Å². The maximum atomic E-state index is 12.0. The van der Waals surface area contributed by atoms with E-state index in [1.165, 1.54) is 56.1 Å². The summed E-state index contributed by atoms with van der Waals surface area (Å²) < 4.78 is 0. The fourth-order valence-corrected chi connectivity index (χ4v) is 9.42. The Balaban J connectivity index is 1.37. The second-order valence-electron chi connectivity index (χ2n) is 16.2. The van der Waals surface area contributed by atoms with Crippen LogP contribution in [0.1, 0.15) is 128 Å². The summed E-state index contributed by atoms with van der Waals surface area (Å²) in [5, 5.41) is 42.8. The topological polar surface area (TPSA) is 140 Å². The largest absolute Gasteiger partial charge is 0.481 e. The van der Waals surface area contributed by atoms with Crippen molar-refractivity contribution in [1.29, 1.82) is 0 Å². The lowest BCUT2D eigenvalue weighted by Gasteiger charge is -2.45. The molecule has 2 saturated heterocycles. The average molecular weight is 627 g/mol. The number of fused-ring (bicyclic) bond motifs is 4. The molecule has 0 unspecified atom stereocenters. The molecule has 0 radical (unpaired) electrons. The molecule has 1 saturated carbocycles. The number of nitrogens with two attached hydrogens (primary N) is 1. The normalized spacial score (nSPS) is 38.3. The van der Waals surface area contributed by atoms with Crippen molar-refractivity contribution in [2.45, 2.75) is 171 Å². The predicted molar refractivity (Wildman–Crippen MR) is 180 cm³/mol. The Bertz CT molecular complexity index is 1110. The van der Waals surface area contributed by atoms with E-state index < -0.39 is 11.6 Å². The van der Waals surface area contributed by atoms with E-state index in [2.05, 4.69) is 54.1 Å². The highest BCUT2D eigenvalue weighted by atomic mass is 16.4. The second-order valence-corrected chi connectivity index (χ2v) is 16.2. The van der Waals surface area contributed by atoms with Crippen molar-refractivity contribution in [3.05, 3.63) is 35.4 Å². The van der Waals surface area contributed by atoms with Gasteiger partial charge in [0.15, 0.2) is 0 Å². The number of benzene rings is 1. The number of carboxylic acid groups (broad SMARTS) is 1. The number of rotatable bonds is 5. The highest BCUT2D eigenvalue weighted by Gasteiger charge is 2.41. The van der Waals surface area contributed by atoms with E-state index in [0.29, 0.717) is 18.4 Å². The van der Waals surface area contributed by atoms with Crippen LogP contribution in [0.3, 0.4) is 0 Å². The number of aliphatic hydroxyl groups is 2. The molecule has 8 atom stereocenters. The molecule has 1 spiro atoms. The van der Waals surface area contributed by atoms with Gasteiger partial charge < -0.3 is 31.7 Å². The molecule has 3 aliphatic heterocycles. The number of nitrogens with one attached hydrogen (secondary N) is 3. The smallest absolute Gasteiger partial charge is 0.306 e. The van der Waals surface area contributed by atoms with Gasteiger partial charge in [0.25, 0.3) is 0 Å². The minimum atomic E-state index is -1.28.